The van der Waals surface area contributed by atoms with Gasteiger partial charge in [0, 0.05) is 12.0 Å². The van der Waals surface area contributed by atoms with E-state index in [2.05, 4.69) is 13.0 Å². The number of hydrogen-bond donors (Lipinski definition) is 1. The van der Waals surface area contributed by atoms with Crippen molar-refractivity contribution in [2.75, 3.05) is 7.11 Å². The molecular formula is C19H24O3. The normalized spacial score (nSPS) is 39.9. The van der Waals surface area contributed by atoms with E-state index >= 15 is 0 Å². The van der Waals surface area contributed by atoms with Gasteiger partial charge in [-0.3, -0.25) is 4.79 Å². The molecule has 0 aliphatic heterocycles. The second kappa shape index (κ2) is 4.82. The van der Waals surface area contributed by atoms with Crippen molar-refractivity contribution in [3.05, 3.63) is 29.3 Å². The lowest BCUT2D eigenvalue weighted by molar-refractivity contribution is -0.0208. The first-order valence-electron chi connectivity index (χ1n) is 8.44. The van der Waals surface area contributed by atoms with Gasteiger partial charge in [-0.2, -0.15) is 0 Å². The Labute approximate surface area is 131 Å². The van der Waals surface area contributed by atoms with Crippen molar-refractivity contribution in [3.63, 3.8) is 0 Å². The molecule has 22 heavy (non-hydrogen) atoms. The average molecular weight is 300 g/mol. The van der Waals surface area contributed by atoms with E-state index in [0.29, 0.717) is 24.2 Å². The van der Waals surface area contributed by atoms with Crippen LogP contribution in [-0.4, -0.2) is 24.1 Å². The maximum atomic E-state index is 12.7. The predicted molar refractivity (Wildman–Crippen MR) is 84.2 cm³/mol. The molecule has 2 fully saturated rings. The number of rotatable bonds is 1. The zero-order chi connectivity index (χ0) is 15.5. The van der Waals surface area contributed by atoms with Crippen molar-refractivity contribution in [1.82, 2.24) is 0 Å². The van der Waals surface area contributed by atoms with Gasteiger partial charge < -0.3 is 9.84 Å². The van der Waals surface area contributed by atoms with Crippen LogP contribution in [0.4, 0.5) is 0 Å². The van der Waals surface area contributed by atoms with Gasteiger partial charge in [-0.25, -0.2) is 0 Å². The van der Waals surface area contributed by atoms with E-state index < -0.39 is 0 Å². The summed E-state index contributed by atoms with van der Waals surface area (Å²) in [7, 11) is 1.64. The molecule has 0 spiro atoms. The number of carbonyl (C=O) groups excluding carboxylic acids is 1. The van der Waals surface area contributed by atoms with Crippen LogP contribution in [0.3, 0.4) is 0 Å². The van der Waals surface area contributed by atoms with Gasteiger partial charge in [0.05, 0.1) is 13.2 Å². The van der Waals surface area contributed by atoms with Crippen molar-refractivity contribution in [3.8, 4) is 5.75 Å². The van der Waals surface area contributed by atoms with Crippen molar-refractivity contribution < 1.29 is 14.6 Å². The fourth-order valence-corrected chi connectivity index (χ4v) is 5.48. The molecule has 1 aromatic rings. The molecule has 3 aliphatic rings. The molecule has 3 heteroatoms. The maximum absolute atomic E-state index is 12.7. The number of aliphatic hydroxyl groups excluding tert-OH is 1. The summed E-state index contributed by atoms with van der Waals surface area (Å²) in [5.74, 6) is 2.38. The molecule has 1 N–H and O–H groups in total. The maximum Gasteiger partial charge on any atom is 0.163 e. The summed E-state index contributed by atoms with van der Waals surface area (Å²) in [6.07, 6.45) is 4.57. The van der Waals surface area contributed by atoms with E-state index in [0.717, 1.165) is 37.0 Å². The third-order valence-corrected chi connectivity index (χ3v) is 6.77. The Morgan fingerprint density at radius 3 is 2.86 bits per heavy atom. The first-order valence-corrected chi connectivity index (χ1v) is 8.44. The van der Waals surface area contributed by atoms with E-state index in [1.807, 2.05) is 12.1 Å². The monoisotopic (exact) mass is 300 g/mol. The summed E-state index contributed by atoms with van der Waals surface area (Å²) in [5, 5.41) is 10.4. The summed E-state index contributed by atoms with van der Waals surface area (Å²) in [5.41, 5.74) is 2.10. The van der Waals surface area contributed by atoms with Crippen LogP contribution in [0.1, 0.15) is 60.9 Å². The van der Waals surface area contributed by atoms with Crippen LogP contribution in [0.25, 0.3) is 0 Å². The topological polar surface area (TPSA) is 46.5 Å². The summed E-state index contributed by atoms with van der Waals surface area (Å²) in [6.45, 7) is 2.24. The highest BCUT2D eigenvalue weighted by Crippen LogP contribution is 2.60. The molecule has 5 atom stereocenters. The van der Waals surface area contributed by atoms with Crippen LogP contribution in [-0.2, 0) is 0 Å². The Balaban J connectivity index is 1.75. The summed E-state index contributed by atoms with van der Waals surface area (Å²) >= 11 is 0. The second-order valence-corrected chi connectivity index (χ2v) is 7.59. The van der Waals surface area contributed by atoms with Gasteiger partial charge in [-0.1, -0.05) is 13.0 Å². The zero-order valence-corrected chi connectivity index (χ0v) is 13.3. The molecule has 3 aliphatic carbocycles. The first-order chi connectivity index (χ1) is 10.5. The van der Waals surface area contributed by atoms with Crippen LogP contribution in [0.2, 0.25) is 0 Å². The SMILES string of the molecule is COc1ccc2c(c1)C(=O)C[C@@H]1[C@@H]2CC[C@@]2(C)[C@@H]1CC[C@@H]2O. The van der Waals surface area contributed by atoms with E-state index in [4.69, 9.17) is 4.74 Å². The first kappa shape index (κ1) is 14.3. The number of Topliss-reactive ketones (excluding diaryl/α,β-unsaturated/α-hetero) is 1. The lowest BCUT2D eigenvalue weighted by atomic mass is 9.55. The number of ketones is 1. The Hall–Kier alpha value is -1.35. The van der Waals surface area contributed by atoms with Crippen LogP contribution < -0.4 is 4.74 Å². The van der Waals surface area contributed by atoms with Gasteiger partial charge in [-0.05, 0) is 66.5 Å². The third kappa shape index (κ3) is 1.81. The third-order valence-electron chi connectivity index (χ3n) is 6.77. The summed E-state index contributed by atoms with van der Waals surface area (Å²) in [4.78, 5) is 12.7. The van der Waals surface area contributed by atoms with Crippen LogP contribution >= 0.6 is 0 Å². The molecule has 3 nitrogen and oxygen atoms in total. The van der Waals surface area contributed by atoms with Gasteiger partial charge in [0.1, 0.15) is 5.75 Å². The molecular weight excluding hydrogens is 276 g/mol. The van der Waals surface area contributed by atoms with Gasteiger partial charge >= 0.3 is 0 Å². The standard InChI is InChI=1S/C19H24O3/c1-19-8-7-13-12-4-3-11(22-2)9-15(12)17(20)10-14(13)16(19)5-6-18(19)21/h3-4,9,13-14,16,18,21H,5-8,10H2,1-2H3/t13-,14-,16-,18+,19+/m1/s1. The molecule has 0 bridgehead atoms. The number of benzene rings is 1. The molecule has 0 radical (unpaired) electrons. The minimum Gasteiger partial charge on any atom is -0.497 e. The lowest BCUT2D eigenvalue weighted by Crippen LogP contribution is -2.44. The average Bonchev–Trinajstić information content (AvgIpc) is 2.83. The quantitative estimate of drug-likeness (QED) is 0.862. The van der Waals surface area contributed by atoms with Crippen molar-refractivity contribution in [2.45, 2.75) is 51.0 Å². The molecule has 2 saturated carbocycles. The number of ether oxygens (including phenoxy) is 1. The molecule has 0 heterocycles. The summed E-state index contributed by atoms with van der Waals surface area (Å²) in [6, 6.07) is 5.98. The van der Waals surface area contributed by atoms with E-state index in [1.165, 1.54) is 5.56 Å². The van der Waals surface area contributed by atoms with E-state index in [1.54, 1.807) is 7.11 Å². The number of methoxy groups -OCH3 is 1. The van der Waals surface area contributed by atoms with Crippen LogP contribution in [0.5, 0.6) is 5.75 Å². The molecule has 0 aromatic heterocycles. The fourth-order valence-electron chi connectivity index (χ4n) is 5.48. The molecule has 118 valence electrons. The van der Waals surface area contributed by atoms with Crippen LogP contribution in [0.15, 0.2) is 18.2 Å². The van der Waals surface area contributed by atoms with E-state index in [-0.39, 0.29) is 17.3 Å². The minimum atomic E-state index is -0.189. The Kier molecular flexibility index (Phi) is 3.12. The fraction of sp³-hybridized carbons (Fsp3) is 0.632. The van der Waals surface area contributed by atoms with Gasteiger partial charge in [-0.15, -0.1) is 0 Å². The van der Waals surface area contributed by atoms with Crippen LogP contribution in [0, 0.1) is 17.3 Å². The number of carbonyl (C=O) groups is 1. The highest BCUT2D eigenvalue weighted by molar-refractivity contribution is 5.99. The number of hydrogen-bond acceptors (Lipinski definition) is 3. The van der Waals surface area contributed by atoms with Crippen molar-refractivity contribution in [2.24, 2.45) is 17.3 Å². The smallest absolute Gasteiger partial charge is 0.163 e. The zero-order valence-electron chi connectivity index (χ0n) is 13.3. The molecule has 0 amide bonds. The van der Waals surface area contributed by atoms with Crippen molar-refractivity contribution in [1.29, 1.82) is 0 Å². The highest BCUT2D eigenvalue weighted by Gasteiger charge is 2.55. The van der Waals surface area contributed by atoms with Crippen molar-refractivity contribution >= 4 is 5.78 Å². The largest absolute Gasteiger partial charge is 0.497 e. The van der Waals surface area contributed by atoms with E-state index in [9.17, 15) is 9.90 Å². The molecule has 4 rings (SSSR count). The van der Waals surface area contributed by atoms with Gasteiger partial charge in [0.15, 0.2) is 5.78 Å². The lowest BCUT2D eigenvalue weighted by Gasteiger charge is -2.49. The minimum absolute atomic E-state index is 0.0193. The number of aliphatic hydroxyl groups is 1. The predicted octanol–water partition coefficient (Wildman–Crippen LogP) is 3.55. The number of fused-ring (bicyclic) bond motifs is 5. The highest BCUT2D eigenvalue weighted by atomic mass is 16.5. The molecule has 0 unspecified atom stereocenters. The Bertz CT molecular complexity index is 623. The summed E-state index contributed by atoms with van der Waals surface area (Å²) < 4.78 is 5.28. The molecule has 0 saturated heterocycles. The Morgan fingerprint density at radius 1 is 1.27 bits per heavy atom. The van der Waals surface area contributed by atoms with Gasteiger partial charge in [0.25, 0.3) is 0 Å². The molecule has 1 aromatic carbocycles. The van der Waals surface area contributed by atoms with Gasteiger partial charge in [0.2, 0.25) is 0 Å². The Morgan fingerprint density at radius 2 is 2.09 bits per heavy atom. The second-order valence-electron chi connectivity index (χ2n) is 7.59.